The lowest BCUT2D eigenvalue weighted by molar-refractivity contribution is -0.900. The lowest BCUT2D eigenvalue weighted by Gasteiger charge is -2.31. The quantitative estimate of drug-likeness (QED) is 0.762. The van der Waals surface area contributed by atoms with Gasteiger partial charge in [-0.2, -0.15) is 0 Å². The van der Waals surface area contributed by atoms with Crippen LogP contribution in [0, 0.1) is 0 Å². The number of hydrogen-bond donors (Lipinski definition) is 0. The highest BCUT2D eigenvalue weighted by molar-refractivity contribution is 5.27. The van der Waals surface area contributed by atoms with Gasteiger partial charge in [0, 0.05) is 19.3 Å². The number of likely N-dealkylation sites (tertiary alicyclic amines) is 1. The zero-order chi connectivity index (χ0) is 17.2. The molecule has 0 bridgehead atoms. The Morgan fingerprint density at radius 1 is 1.08 bits per heavy atom. The molecule has 2 fully saturated rings. The van der Waals surface area contributed by atoms with Gasteiger partial charge in [-0.1, -0.05) is 45.0 Å². The van der Waals surface area contributed by atoms with E-state index in [1.165, 1.54) is 37.1 Å². The Hall–Kier alpha value is -0.900. The third-order valence-corrected chi connectivity index (χ3v) is 5.59. The molecule has 134 valence electrons. The van der Waals surface area contributed by atoms with Gasteiger partial charge >= 0.3 is 0 Å². The van der Waals surface area contributed by atoms with Crippen LogP contribution < -0.4 is 0 Å². The first-order valence-electron chi connectivity index (χ1n) is 9.54. The summed E-state index contributed by atoms with van der Waals surface area (Å²) in [6.45, 7) is 11.2. The molecule has 0 radical (unpaired) electrons. The van der Waals surface area contributed by atoms with Crippen molar-refractivity contribution in [2.24, 2.45) is 0 Å². The molecule has 0 N–H and O–H groups in total. The summed E-state index contributed by atoms with van der Waals surface area (Å²) in [6, 6.07) is 9.02. The number of ether oxygens (including phenoxy) is 2. The maximum Gasteiger partial charge on any atom is 0.158 e. The van der Waals surface area contributed by atoms with Crippen LogP contribution in [0.25, 0.3) is 0 Å². The predicted molar refractivity (Wildman–Crippen MR) is 98.1 cm³/mol. The predicted octanol–water partition coefficient (Wildman–Crippen LogP) is 3.90. The van der Waals surface area contributed by atoms with Gasteiger partial charge in [0.1, 0.15) is 12.6 Å². The summed E-state index contributed by atoms with van der Waals surface area (Å²) in [7, 11) is 2.36. The van der Waals surface area contributed by atoms with Gasteiger partial charge in [-0.25, -0.2) is 0 Å². The SMILES string of the molecule is CC(C)(C)c1ccc(CC[C@@H]2OC[C@@H](C[N+]3(C)CCCC3)O2)cc1. The second-order valence-corrected chi connectivity index (χ2v) is 8.96. The fourth-order valence-corrected chi connectivity index (χ4v) is 3.98. The van der Waals surface area contributed by atoms with Crippen LogP contribution in [0.5, 0.6) is 0 Å². The minimum Gasteiger partial charge on any atom is -0.350 e. The summed E-state index contributed by atoms with van der Waals surface area (Å²) in [5, 5.41) is 0. The van der Waals surface area contributed by atoms with Crippen molar-refractivity contribution in [2.75, 3.05) is 33.3 Å². The van der Waals surface area contributed by atoms with Gasteiger partial charge in [0.25, 0.3) is 0 Å². The molecule has 0 spiro atoms. The van der Waals surface area contributed by atoms with Gasteiger partial charge in [-0.15, -0.1) is 0 Å². The third kappa shape index (κ3) is 4.59. The molecule has 3 rings (SSSR count). The van der Waals surface area contributed by atoms with Crippen LogP contribution in [0.2, 0.25) is 0 Å². The summed E-state index contributed by atoms with van der Waals surface area (Å²) in [5.74, 6) is 0. The van der Waals surface area contributed by atoms with Crippen molar-refractivity contribution in [3.8, 4) is 0 Å². The summed E-state index contributed by atoms with van der Waals surface area (Å²) in [4.78, 5) is 0. The van der Waals surface area contributed by atoms with E-state index in [1.54, 1.807) is 0 Å². The zero-order valence-electron chi connectivity index (χ0n) is 15.9. The highest BCUT2D eigenvalue weighted by Crippen LogP contribution is 2.25. The van der Waals surface area contributed by atoms with Crippen molar-refractivity contribution >= 4 is 0 Å². The van der Waals surface area contributed by atoms with Crippen molar-refractivity contribution in [3.05, 3.63) is 35.4 Å². The molecule has 0 aliphatic carbocycles. The molecule has 2 saturated heterocycles. The van der Waals surface area contributed by atoms with Crippen LogP contribution >= 0.6 is 0 Å². The second kappa shape index (κ2) is 7.15. The maximum absolute atomic E-state index is 6.15. The molecule has 3 heteroatoms. The average Bonchev–Trinajstić information content (AvgIpc) is 3.14. The Kier molecular flexibility index (Phi) is 5.33. The van der Waals surface area contributed by atoms with Crippen molar-refractivity contribution in [2.45, 2.75) is 64.3 Å². The molecule has 24 heavy (non-hydrogen) atoms. The molecular weight excluding hydrogens is 298 g/mol. The Balaban J connectivity index is 1.44. The van der Waals surface area contributed by atoms with Crippen molar-refractivity contribution in [1.82, 2.24) is 0 Å². The Morgan fingerprint density at radius 3 is 2.38 bits per heavy atom. The lowest BCUT2D eigenvalue weighted by atomic mass is 9.86. The second-order valence-electron chi connectivity index (χ2n) is 8.96. The van der Waals surface area contributed by atoms with Crippen LogP contribution in [0.4, 0.5) is 0 Å². The van der Waals surface area contributed by atoms with E-state index in [0.29, 0.717) is 0 Å². The largest absolute Gasteiger partial charge is 0.350 e. The van der Waals surface area contributed by atoms with E-state index in [2.05, 4.69) is 52.1 Å². The van der Waals surface area contributed by atoms with Crippen LogP contribution in [0.3, 0.4) is 0 Å². The molecule has 2 atom stereocenters. The summed E-state index contributed by atoms with van der Waals surface area (Å²) in [6.07, 6.45) is 4.95. The van der Waals surface area contributed by atoms with E-state index in [1.807, 2.05) is 0 Å². The molecule has 0 unspecified atom stereocenters. The molecule has 2 aliphatic rings. The van der Waals surface area contributed by atoms with E-state index >= 15 is 0 Å². The molecule has 0 amide bonds. The smallest absolute Gasteiger partial charge is 0.158 e. The Labute approximate surface area is 147 Å². The normalized spacial score (nSPS) is 26.8. The van der Waals surface area contributed by atoms with Crippen LogP contribution in [0.15, 0.2) is 24.3 Å². The van der Waals surface area contributed by atoms with Crippen molar-refractivity contribution in [1.29, 1.82) is 0 Å². The molecule has 0 aromatic heterocycles. The molecule has 1 aromatic rings. The molecular formula is C21H34NO2+. The fraction of sp³-hybridized carbons (Fsp3) is 0.714. The van der Waals surface area contributed by atoms with E-state index in [4.69, 9.17) is 9.47 Å². The van der Waals surface area contributed by atoms with E-state index in [0.717, 1.165) is 30.5 Å². The molecule has 1 aromatic carbocycles. The van der Waals surface area contributed by atoms with Crippen molar-refractivity contribution < 1.29 is 14.0 Å². The third-order valence-electron chi connectivity index (χ3n) is 5.59. The van der Waals surface area contributed by atoms with E-state index in [-0.39, 0.29) is 17.8 Å². The van der Waals surface area contributed by atoms with Gasteiger partial charge in [-0.05, 0) is 23.0 Å². The first kappa shape index (κ1) is 17.9. The first-order chi connectivity index (χ1) is 11.3. The molecule has 2 heterocycles. The van der Waals surface area contributed by atoms with E-state index < -0.39 is 0 Å². The van der Waals surface area contributed by atoms with Crippen LogP contribution in [-0.4, -0.2) is 50.2 Å². The Morgan fingerprint density at radius 2 is 1.75 bits per heavy atom. The van der Waals surface area contributed by atoms with E-state index in [9.17, 15) is 0 Å². The topological polar surface area (TPSA) is 18.5 Å². The summed E-state index contributed by atoms with van der Waals surface area (Å²) >= 11 is 0. The van der Waals surface area contributed by atoms with Gasteiger partial charge < -0.3 is 14.0 Å². The zero-order valence-corrected chi connectivity index (χ0v) is 15.9. The number of hydrogen-bond acceptors (Lipinski definition) is 2. The molecule has 3 nitrogen and oxygen atoms in total. The number of quaternary nitrogens is 1. The first-order valence-corrected chi connectivity index (χ1v) is 9.54. The number of rotatable bonds is 5. The van der Waals surface area contributed by atoms with Gasteiger partial charge in [0.05, 0.1) is 26.7 Å². The molecule has 2 aliphatic heterocycles. The summed E-state index contributed by atoms with van der Waals surface area (Å²) in [5.41, 5.74) is 2.98. The standard InChI is InChI=1S/C21H34NO2/c1-21(2,3)18-10-7-17(8-11-18)9-12-20-23-16-19(24-20)15-22(4)13-5-6-14-22/h7-8,10-11,19-20H,5-6,9,12-16H2,1-4H3/q+1/t19-,20-/m1/s1. The summed E-state index contributed by atoms with van der Waals surface area (Å²) < 4.78 is 13.2. The molecule has 0 saturated carbocycles. The van der Waals surface area contributed by atoms with Gasteiger partial charge in [0.2, 0.25) is 0 Å². The minimum absolute atomic E-state index is 0.0218. The van der Waals surface area contributed by atoms with Crippen LogP contribution in [-0.2, 0) is 21.3 Å². The highest BCUT2D eigenvalue weighted by atomic mass is 16.7. The lowest BCUT2D eigenvalue weighted by Crippen LogP contribution is -2.47. The monoisotopic (exact) mass is 332 g/mol. The number of aryl methyl sites for hydroxylation is 1. The van der Waals surface area contributed by atoms with Gasteiger partial charge in [0.15, 0.2) is 6.29 Å². The van der Waals surface area contributed by atoms with Crippen LogP contribution in [0.1, 0.15) is 51.2 Å². The number of benzene rings is 1. The fourth-order valence-electron chi connectivity index (χ4n) is 3.98. The number of nitrogens with zero attached hydrogens (tertiary/aromatic N) is 1. The number of likely N-dealkylation sites (N-methyl/N-ethyl adjacent to an activating group) is 1. The van der Waals surface area contributed by atoms with Crippen molar-refractivity contribution in [3.63, 3.8) is 0 Å². The highest BCUT2D eigenvalue weighted by Gasteiger charge is 2.35. The average molecular weight is 333 g/mol. The maximum atomic E-state index is 6.15. The van der Waals surface area contributed by atoms with Gasteiger partial charge in [-0.3, -0.25) is 0 Å². The minimum atomic E-state index is -0.0218. The Bertz CT molecular complexity index is 526.